The Labute approximate surface area is 111 Å². The summed E-state index contributed by atoms with van der Waals surface area (Å²) in [7, 11) is 0. The van der Waals surface area contributed by atoms with Crippen LogP contribution in [0.15, 0.2) is 0 Å². The lowest BCUT2D eigenvalue weighted by molar-refractivity contribution is -0.136. The van der Waals surface area contributed by atoms with Crippen molar-refractivity contribution in [3.8, 4) is 0 Å². The minimum absolute atomic E-state index is 0.162. The summed E-state index contributed by atoms with van der Waals surface area (Å²) < 4.78 is 0. The van der Waals surface area contributed by atoms with Crippen molar-refractivity contribution in [2.75, 3.05) is 0 Å². The predicted octanol–water partition coefficient (Wildman–Crippen LogP) is 3.11. The molecule has 0 spiro atoms. The summed E-state index contributed by atoms with van der Waals surface area (Å²) in [5, 5.41) is 19.7. The van der Waals surface area contributed by atoms with Gasteiger partial charge in [-0.15, -0.1) is 0 Å². The summed E-state index contributed by atoms with van der Waals surface area (Å²) in [5.41, 5.74) is 0.820. The van der Waals surface area contributed by atoms with Gasteiger partial charge in [0.1, 0.15) is 0 Å². The van der Waals surface area contributed by atoms with Crippen molar-refractivity contribution in [3.05, 3.63) is 0 Å². The predicted molar refractivity (Wildman–Crippen MR) is 72.1 cm³/mol. The second-order valence-corrected chi connectivity index (χ2v) is 8.07. The molecular weight excluding hydrogens is 224 g/mol. The quantitative estimate of drug-likeness (QED) is 0.807. The van der Waals surface area contributed by atoms with Crippen LogP contribution in [0.3, 0.4) is 0 Å². The molecule has 2 nitrogen and oxygen atoms in total. The van der Waals surface area contributed by atoms with E-state index in [0.29, 0.717) is 10.8 Å². The van der Waals surface area contributed by atoms with Crippen molar-refractivity contribution < 1.29 is 10.2 Å². The highest BCUT2D eigenvalue weighted by Gasteiger charge is 2.57. The molecule has 2 unspecified atom stereocenters. The molecule has 2 atom stereocenters. The molecule has 0 aromatic carbocycles. The Kier molecular flexibility index (Phi) is 3.02. The molecule has 4 aliphatic carbocycles. The maximum Gasteiger partial charge on any atom is 0.0517 e. The van der Waals surface area contributed by atoms with Crippen molar-refractivity contribution in [1.29, 1.82) is 0 Å². The van der Waals surface area contributed by atoms with Crippen LogP contribution in [0.25, 0.3) is 0 Å². The van der Waals surface area contributed by atoms with E-state index in [1.165, 1.54) is 38.5 Å². The van der Waals surface area contributed by atoms with Gasteiger partial charge in [-0.25, -0.2) is 0 Å². The fourth-order valence-corrected chi connectivity index (χ4v) is 6.38. The van der Waals surface area contributed by atoms with E-state index in [-0.39, 0.29) is 12.2 Å². The Balaban J connectivity index is 1.83. The van der Waals surface area contributed by atoms with Crippen LogP contribution in [0.1, 0.15) is 65.2 Å². The van der Waals surface area contributed by atoms with Gasteiger partial charge in [0.15, 0.2) is 0 Å². The number of aliphatic hydroxyl groups is 2. The Morgan fingerprint density at radius 2 is 1.28 bits per heavy atom. The standard InChI is InChI=1S/C16H28O2/c1-11(17)4-15-6-13-3-14(7-15)9-16(8-13,10-15)5-12(2)18/h11-14,17-18H,3-10H2,1-2H3. The molecule has 4 bridgehead atoms. The first-order valence-electron chi connectivity index (χ1n) is 7.77. The maximum absolute atomic E-state index is 9.83. The number of aliphatic hydroxyl groups excluding tert-OH is 2. The van der Waals surface area contributed by atoms with Crippen LogP contribution in [0.4, 0.5) is 0 Å². The molecule has 104 valence electrons. The van der Waals surface area contributed by atoms with Crippen molar-refractivity contribution in [3.63, 3.8) is 0 Å². The second kappa shape index (κ2) is 4.21. The van der Waals surface area contributed by atoms with E-state index in [0.717, 1.165) is 24.7 Å². The highest BCUT2D eigenvalue weighted by Crippen LogP contribution is 2.67. The lowest BCUT2D eigenvalue weighted by Crippen LogP contribution is -2.53. The van der Waals surface area contributed by atoms with Crippen molar-refractivity contribution >= 4 is 0 Å². The Hall–Kier alpha value is -0.0800. The van der Waals surface area contributed by atoms with Gasteiger partial charge < -0.3 is 10.2 Å². The van der Waals surface area contributed by atoms with Gasteiger partial charge in [0.25, 0.3) is 0 Å². The third kappa shape index (κ3) is 2.22. The normalized spacial score (nSPS) is 49.3. The Morgan fingerprint density at radius 1 is 0.889 bits per heavy atom. The van der Waals surface area contributed by atoms with Gasteiger partial charge in [0.05, 0.1) is 12.2 Å². The average Bonchev–Trinajstić information content (AvgIpc) is 2.08. The fraction of sp³-hybridized carbons (Fsp3) is 1.00. The first-order valence-corrected chi connectivity index (χ1v) is 7.77. The van der Waals surface area contributed by atoms with Gasteiger partial charge in [-0.2, -0.15) is 0 Å². The molecule has 0 amide bonds. The first kappa shape index (κ1) is 12.9. The number of rotatable bonds is 4. The maximum atomic E-state index is 9.83. The molecule has 4 rings (SSSR count). The molecular formula is C16H28O2. The van der Waals surface area contributed by atoms with Gasteiger partial charge in [-0.05, 0) is 87.9 Å². The lowest BCUT2D eigenvalue weighted by Gasteiger charge is -2.63. The molecule has 0 heterocycles. The van der Waals surface area contributed by atoms with Gasteiger partial charge in [-0.1, -0.05) is 0 Å². The van der Waals surface area contributed by atoms with E-state index in [4.69, 9.17) is 0 Å². The zero-order valence-corrected chi connectivity index (χ0v) is 11.9. The first-order chi connectivity index (χ1) is 8.40. The van der Waals surface area contributed by atoms with Crippen molar-refractivity contribution in [2.45, 2.75) is 77.4 Å². The average molecular weight is 252 g/mol. The van der Waals surface area contributed by atoms with Crippen LogP contribution < -0.4 is 0 Å². The van der Waals surface area contributed by atoms with Crippen LogP contribution in [0.5, 0.6) is 0 Å². The Morgan fingerprint density at radius 3 is 1.61 bits per heavy atom. The third-order valence-electron chi connectivity index (χ3n) is 5.76. The molecule has 2 heteroatoms. The zero-order valence-electron chi connectivity index (χ0n) is 11.9. The Bertz CT molecular complexity index is 268. The van der Waals surface area contributed by atoms with E-state index < -0.39 is 0 Å². The third-order valence-corrected chi connectivity index (χ3v) is 5.76. The van der Waals surface area contributed by atoms with Crippen molar-refractivity contribution in [1.82, 2.24) is 0 Å². The smallest absolute Gasteiger partial charge is 0.0517 e. The minimum atomic E-state index is -0.162. The highest BCUT2D eigenvalue weighted by molar-refractivity contribution is 5.08. The SMILES string of the molecule is CC(O)CC12CC3CC(C1)CC(CC(C)O)(C3)C2. The lowest BCUT2D eigenvalue weighted by atomic mass is 9.42. The molecule has 0 aliphatic heterocycles. The number of hydrogen-bond acceptors (Lipinski definition) is 2. The van der Waals surface area contributed by atoms with E-state index in [9.17, 15) is 10.2 Å². The molecule has 0 aromatic heterocycles. The largest absolute Gasteiger partial charge is 0.393 e. The number of hydrogen-bond donors (Lipinski definition) is 2. The molecule has 0 radical (unpaired) electrons. The summed E-state index contributed by atoms with van der Waals surface area (Å²) in [4.78, 5) is 0. The second-order valence-electron chi connectivity index (χ2n) is 8.07. The summed E-state index contributed by atoms with van der Waals surface area (Å²) in [6.07, 6.45) is 9.71. The monoisotopic (exact) mass is 252 g/mol. The molecule has 4 fully saturated rings. The molecule has 2 N–H and O–H groups in total. The molecule has 0 aromatic rings. The van der Waals surface area contributed by atoms with Gasteiger partial charge >= 0.3 is 0 Å². The molecule has 18 heavy (non-hydrogen) atoms. The van der Waals surface area contributed by atoms with E-state index in [2.05, 4.69) is 0 Å². The van der Waals surface area contributed by atoms with Crippen LogP contribution in [-0.2, 0) is 0 Å². The van der Waals surface area contributed by atoms with E-state index in [1.807, 2.05) is 13.8 Å². The summed E-state index contributed by atoms with van der Waals surface area (Å²) in [6.45, 7) is 3.89. The van der Waals surface area contributed by atoms with Crippen LogP contribution >= 0.6 is 0 Å². The summed E-state index contributed by atoms with van der Waals surface area (Å²) in [6, 6.07) is 0. The highest BCUT2D eigenvalue weighted by atomic mass is 16.3. The van der Waals surface area contributed by atoms with Gasteiger partial charge in [0.2, 0.25) is 0 Å². The molecule has 0 saturated heterocycles. The fourth-order valence-electron chi connectivity index (χ4n) is 6.38. The molecule has 4 saturated carbocycles. The van der Waals surface area contributed by atoms with Crippen LogP contribution in [0.2, 0.25) is 0 Å². The van der Waals surface area contributed by atoms with Gasteiger partial charge in [-0.3, -0.25) is 0 Å². The van der Waals surface area contributed by atoms with Crippen LogP contribution in [0, 0.1) is 22.7 Å². The van der Waals surface area contributed by atoms with Crippen molar-refractivity contribution in [2.24, 2.45) is 22.7 Å². The van der Waals surface area contributed by atoms with E-state index >= 15 is 0 Å². The topological polar surface area (TPSA) is 40.5 Å². The van der Waals surface area contributed by atoms with Crippen LogP contribution in [-0.4, -0.2) is 22.4 Å². The molecule has 4 aliphatic rings. The summed E-state index contributed by atoms with van der Waals surface area (Å²) in [5.74, 6) is 1.76. The zero-order chi connectivity index (χ0) is 13.0. The minimum Gasteiger partial charge on any atom is -0.393 e. The summed E-state index contributed by atoms with van der Waals surface area (Å²) >= 11 is 0. The van der Waals surface area contributed by atoms with Gasteiger partial charge in [0, 0.05) is 0 Å². The van der Waals surface area contributed by atoms with E-state index in [1.54, 1.807) is 0 Å².